The summed E-state index contributed by atoms with van der Waals surface area (Å²) in [5.74, 6) is -0.116. The fourth-order valence-corrected chi connectivity index (χ4v) is 5.74. The highest BCUT2D eigenvalue weighted by Crippen LogP contribution is 2.44. The summed E-state index contributed by atoms with van der Waals surface area (Å²) in [6.07, 6.45) is -2.29. The van der Waals surface area contributed by atoms with Crippen LogP contribution < -0.4 is 4.74 Å². The first-order valence-electron chi connectivity index (χ1n) is 10.9. The molecule has 0 saturated heterocycles. The van der Waals surface area contributed by atoms with Crippen molar-refractivity contribution in [3.8, 4) is 5.75 Å². The topological polar surface area (TPSA) is 69.7 Å². The number of carbonyl (C=O) groups is 1. The Hall–Kier alpha value is -2.81. The van der Waals surface area contributed by atoms with E-state index < -0.39 is 43.8 Å². The Morgan fingerprint density at radius 1 is 1.21 bits per heavy atom. The second kappa shape index (κ2) is 10.2. The van der Waals surface area contributed by atoms with Crippen LogP contribution in [0.5, 0.6) is 5.75 Å². The van der Waals surface area contributed by atoms with Crippen molar-refractivity contribution in [2.24, 2.45) is 0 Å². The number of methoxy groups -OCH3 is 1. The lowest BCUT2D eigenvalue weighted by atomic mass is 9.96. The van der Waals surface area contributed by atoms with Crippen LogP contribution in [-0.4, -0.2) is 27.6 Å². The Bertz CT molecular complexity index is 1190. The number of sulfone groups is 1. The highest BCUT2D eigenvalue weighted by atomic mass is 32.2. The largest absolute Gasteiger partial charge is 0.490 e. The van der Waals surface area contributed by atoms with Crippen LogP contribution in [0.4, 0.5) is 13.2 Å². The molecule has 2 aromatic carbocycles. The van der Waals surface area contributed by atoms with Crippen molar-refractivity contribution in [1.29, 1.82) is 0 Å². The van der Waals surface area contributed by atoms with Crippen LogP contribution >= 0.6 is 0 Å². The number of hydrogen-bond acceptors (Lipinski definition) is 5. The first-order valence-corrected chi connectivity index (χ1v) is 12.5. The van der Waals surface area contributed by atoms with E-state index in [1.807, 2.05) is 19.9 Å². The Morgan fingerprint density at radius 2 is 1.94 bits per heavy atom. The summed E-state index contributed by atoms with van der Waals surface area (Å²) in [5.41, 5.74) is 1.23. The predicted octanol–water partition coefficient (Wildman–Crippen LogP) is 6.14. The molecule has 0 radical (unpaired) electrons. The number of halogens is 3. The number of allylic oxidation sites excluding steroid dienone is 1. The Labute approximate surface area is 197 Å². The normalized spacial score (nSPS) is 18.7. The molecule has 1 unspecified atom stereocenters. The molecule has 3 rings (SSSR count). The van der Waals surface area contributed by atoms with Crippen LogP contribution in [0.2, 0.25) is 0 Å². The summed E-state index contributed by atoms with van der Waals surface area (Å²) in [5, 5.41) is -1.13. The van der Waals surface area contributed by atoms with E-state index in [-0.39, 0.29) is 19.3 Å². The summed E-state index contributed by atoms with van der Waals surface area (Å²) < 4.78 is 77.6. The van der Waals surface area contributed by atoms with Crippen LogP contribution in [0.3, 0.4) is 0 Å². The van der Waals surface area contributed by atoms with Gasteiger partial charge in [-0.1, -0.05) is 30.7 Å². The molecule has 0 aliphatic carbocycles. The second-order valence-electron chi connectivity index (χ2n) is 8.29. The third-order valence-electron chi connectivity index (χ3n) is 5.88. The first kappa shape index (κ1) is 25.8. The van der Waals surface area contributed by atoms with Gasteiger partial charge in [0, 0.05) is 18.4 Å². The van der Waals surface area contributed by atoms with Gasteiger partial charge in [-0.25, -0.2) is 8.42 Å². The molecule has 1 heterocycles. The summed E-state index contributed by atoms with van der Waals surface area (Å²) in [4.78, 5) is 11.2. The number of hydrogen-bond donors (Lipinski definition) is 0. The van der Waals surface area contributed by atoms with Crippen molar-refractivity contribution >= 4 is 21.9 Å². The maximum absolute atomic E-state index is 13.6. The molecule has 0 amide bonds. The van der Waals surface area contributed by atoms with Crippen LogP contribution in [-0.2, 0) is 25.5 Å². The van der Waals surface area contributed by atoms with Crippen molar-refractivity contribution in [3.63, 3.8) is 0 Å². The van der Waals surface area contributed by atoms with E-state index in [4.69, 9.17) is 4.74 Å². The zero-order valence-corrected chi connectivity index (χ0v) is 20.0. The van der Waals surface area contributed by atoms with Gasteiger partial charge in [0.1, 0.15) is 11.9 Å². The molecule has 0 N–H and O–H groups in total. The van der Waals surface area contributed by atoms with E-state index in [1.165, 1.54) is 13.2 Å². The molecular weight excluding hydrogens is 469 g/mol. The molecular formula is C25H27F3O5S. The third kappa shape index (κ3) is 5.81. The second-order valence-corrected chi connectivity index (χ2v) is 10.4. The van der Waals surface area contributed by atoms with E-state index >= 15 is 0 Å². The van der Waals surface area contributed by atoms with E-state index in [0.717, 1.165) is 29.7 Å². The molecule has 5 nitrogen and oxygen atoms in total. The number of fused-ring (bicyclic) bond motifs is 1. The molecule has 1 aliphatic heterocycles. The van der Waals surface area contributed by atoms with Gasteiger partial charge < -0.3 is 9.47 Å². The number of alkyl halides is 3. The lowest BCUT2D eigenvalue weighted by Gasteiger charge is -2.32. The van der Waals surface area contributed by atoms with E-state index in [0.29, 0.717) is 17.4 Å². The molecule has 0 saturated carbocycles. The summed E-state index contributed by atoms with van der Waals surface area (Å²) >= 11 is 0. The highest BCUT2D eigenvalue weighted by Gasteiger charge is 2.39. The maximum atomic E-state index is 13.6. The van der Waals surface area contributed by atoms with Gasteiger partial charge in [0.05, 0.1) is 22.8 Å². The van der Waals surface area contributed by atoms with Crippen molar-refractivity contribution in [2.75, 3.05) is 7.11 Å². The third-order valence-corrected chi connectivity index (χ3v) is 7.99. The lowest BCUT2D eigenvalue weighted by molar-refractivity contribution is -0.141. The highest BCUT2D eigenvalue weighted by molar-refractivity contribution is 7.91. The molecule has 9 heteroatoms. The van der Waals surface area contributed by atoms with Gasteiger partial charge >= 0.3 is 12.1 Å². The minimum atomic E-state index is -4.67. The number of carbonyl (C=O) groups excluding carboxylic acids is 1. The van der Waals surface area contributed by atoms with Crippen LogP contribution in [0.1, 0.15) is 61.5 Å². The molecule has 0 bridgehead atoms. The average molecular weight is 497 g/mol. The fraction of sp³-hybridized carbons (Fsp3) is 0.400. The van der Waals surface area contributed by atoms with Gasteiger partial charge in [-0.05, 0) is 55.7 Å². The van der Waals surface area contributed by atoms with E-state index in [2.05, 4.69) is 4.74 Å². The van der Waals surface area contributed by atoms with E-state index in [1.54, 1.807) is 18.2 Å². The molecule has 0 fully saturated rings. The SMILES string of the molecule is CC/C(C)=C\c1ccc2c(c1)C(S(=O)(=O)c1cccc(C(F)(F)F)c1)C[C@H](CCC(=O)OC)O2. The van der Waals surface area contributed by atoms with Gasteiger partial charge in [-0.2, -0.15) is 13.2 Å². The Kier molecular flexibility index (Phi) is 7.75. The standard InChI is InChI=1S/C25H27F3O5S/c1-4-16(2)12-17-8-10-22-21(13-17)23(15-19(33-22)9-11-24(29)32-3)34(30,31)20-7-5-6-18(14-20)25(26,27)28/h5-8,10,12-14,19,23H,4,9,11,15H2,1-3H3/b16-12-/t19-,23?/m0/s1. The van der Waals surface area contributed by atoms with Crippen molar-refractivity contribution < 1.29 is 35.9 Å². The molecule has 1 aliphatic rings. The van der Waals surface area contributed by atoms with Crippen LogP contribution in [0, 0.1) is 0 Å². The van der Waals surface area contributed by atoms with Crippen molar-refractivity contribution in [1.82, 2.24) is 0 Å². The minimum Gasteiger partial charge on any atom is -0.490 e. The number of ether oxygens (including phenoxy) is 2. The summed E-state index contributed by atoms with van der Waals surface area (Å²) in [7, 11) is -2.95. The predicted molar refractivity (Wildman–Crippen MR) is 122 cm³/mol. The van der Waals surface area contributed by atoms with Crippen molar-refractivity contribution in [2.45, 2.75) is 62.0 Å². The van der Waals surface area contributed by atoms with Gasteiger partial charge in [0.15, 0.2) is 9.84 Å². The molecule has 184 valence electrons. The Morgan fingerprint density at radius 3 is 2.59 bits per heavy atom. The van der Waals surface area contributed by atoms with E-state index in [9.17, 15) is 26.4 Å². The smallest absolute Gasteiger partial charge is 0.416 e. The molecule has 0 aromatic heterocycles. The monoisotopic (exact) mass is 496 g/mol. The molecule has 34 heavy (non-hydrogen) atoms. The summed E-state index contributed by atoms with van der Waals surface area (Å²) in [6, 6.07) is 8.95. The summed E-state index contributed by atoms with van der Waals surface area (Å²) in [6.45, 7) is 3.95. The van der Waals surface area contributed by atoms with Gasteiger partial charge in [0.25, 0.3) is 0 Å². The molecule has 2 aromatic rings. The number of benzene rings is 2. The number of rotatable bonds is 7. The lowest BCUT2D eigenvalue weighted by Crippen LogP contribution is -2.30. The fourth-order valence-electron chi connectivity index (χ4n) is 3.86. The molecule has 2 atom stereocenters. The zero-order chi connectivity index (χ0) is 25.1. The zero-order valence-electron chi connectivity index (χ0n) is 19.2. The Balaban J connectivity index is 2.07. The first-order chi connectivity index (χ1) is 16.0. The quantitative estimate of drug-likeness (QED) is 0.431. The van der Waals surface area contributed by atoms with Gasteiger partial charge in [0.2, 0.25) is 0 Å². The van der Waals surface area contributed by atoms with Crippen LogP contribution in [0.25, 0.3) is 6.08 Å². The average Bonchev–Trinajstić information content (AvgIpc) is 2.81. The van der Waals surface area contributed by atoms with Crippen molar-refractivity contribution in [3.05, 3.63) is 64.7 Å². The molecule has 0 spiro atoms. The number of esters is 1. The van der Waals surface area contributed by atoms with Gasteiger partial charge in [-0.3, -0.25) is 4.79 Å². The maximum Gasteiger partial charge on any atom is 0.416 e. The van der Waals surface area contributed by atoms with Crippen LogP contribution in [0.15, 0.2) is 52.9 Å². The minimum absolute atomic E-state index is 0.00248. The van der Waals surface area contributed by atoms with Gasteiger partial charge in [-0.15, -0.1) is 0 Å².